The molecule has 0 aliphatic carbocycles. The molecule has 14 heavy (non-hydrogen) atoms. The van der Waals surface area contributed by atoms with Gasteiger partial charge < -0.3 is 5.73 Å². The fourth-order valence-electron chi connectivity index (χ4n) is 1.14. The maximum Gasteiger partial charge on any atom is 0.138 e. The summed E-state index contributed by atoms with van der Waals surface area (Å²) in [5, 5.41) is 4.00. The zero-order chi connectivity index (χ0) is 9.97. The number of rotatable bonds is 2. The smallest absolute Gasteiger partial charge is 0.138 e. The van der Waals surface area contributed by atoms with Crippen molar-refractivity contribution in [2.45, 2.75) is 13.0 Å². The van der Waals surface area contributed by atoms with E-state index in [2.05, 4.69) is 15.1 Å². The van der Waals surface area contributed by atoms with Gasteiger partial charge in [-0.15, -0.1) is 0 Å². The second-order valence-corrected chi connectivity index (χ2v) is 3.07. The Labute approximate surface area is 81.6 Å². The molecule has 2 heterocycles. The van der Waals surface area contributed by atoms with Crippen LogP contribution in [0.15, 0.2) is 31.0 Å². The van der Waals surface area contributed by atoms with Gasteiger partial charge in [-0.05, 0) is 19.1 Å². The Kier molecular flexibility index (Phi) is 2.24. The van der Waals surface area contributed by atoms with Crippen molar-refractivity contribution in [3.8, 4) is 5.69 Å². The highest BCUT2D eigenvalue weighted by molar-refractivity contribution is 5.28. The molecule has 0 saturated heterocycles. The Morgan fingerprint density at radius 2 is 2.29 bits per heavy atom. The van der Waals surface area contributed by atoms with Gasteiger partial charge in [-0.2, -0.15) is 5.10 Å². The van der Waals surface area contributed by atoms with Gasteiger partial charge in [-0.1, -0.05) is 0 Å². The predicted octanol–water partition coefficient (Wildman–Crippen LogP) is 0.682. The van der Waals surface area contributed by atoms with E-state index in [1.165, 1.54) is 6.33 Å². The van der Waals surface area contributed by atoms with Crippen molar-refractivity contribution >= 4 is 0 Å². The van der Waals surface area contributed by atoms with Crippen LogP contribution in [0.1, 0.15) is 18.7 Å². The Morgan fingerprint density at radius 1 is 1.43 bits per heavy atom. The van der Waals surface area contributed by atoms with E-state index < -0.39 is 0 Å². The van der Waals surface area contributed by atoms with Gasteiger partial charge in [0, 0.05) is 6.04 Å². The van der Waals surface area contributed by atoms with Gasteiger partial charge in [-0.25, -0.2) is 9.67 Å². The average Bonchev–Trinajstić information content (AvgIpc) is 2.71. The molecule has 5 heteroatoms. The summed E-state index contributed by atoms with van der Waals surface area (Å²) in [6, 6.07) is 3.77. The minimum absolute atomic E-state index is 0.0419. The van der Waals surface area contributed by atoms with E-state index >= 15 is 0 Å². The molecule has 0 aliphatic heterocycles. The molecular weight excluding hydrogens is 178 g/mol. The molecule has 2 aromatic heterocycles. The van der Waals surface area contributed by atoms with E-state index in [1.54, 1.807) is 17.2 Å². The summed E-state index contributed by atoms with van der Waals surface area (Å²) in [7, 11) is 0. The number of pyridine rings is 1. The molecule has 0 amide bonds. The van der Waals surface area contributed by atoms with Crippen LogP contribution in [0.4, 0.5) is 0 Å². The monoisotopic (exact) mass is 189 g/mol. The summed E-state index contributed by atoms with van der Waals surface area (Å²) in [5.41, 5.74) is 7.44. The second kappa shape index (κ2) is 3.55. The summed E-state index contributed by atoms with van der Waals surface area (Å²) in [6.07, 6.45) is 4.84. The van der Waals surface area contributed by atoms with Gasteiger partial charge in [-0.3, -0.25) is 4.98 Å². The summed E-state index contributed by atoms with van der Waals surface area (Å²) in [4.78, 5) is 8.08. The lowest BCUT2D eigenvalue weighted by atomic mass is 10.2. The Bertz CT molecular complexity index is 390. The number of hydrogen-bond donors (Lipinski definition) is 1. The number of hydrogen-bond acceptors (Lipinski definition) is 4. The third kappa shape index (κ3) is 1.62. The van der Waals surface area contributed by atoms with Gasteiger partial charge in [0.2, 0.25) is 0 Å². The van der Waals surface area contributed by atoms with Crippen LogP contribution in [0.25, 0.3) is 5.69 Å². The van der Waals surface area contributed by atoms with E-state index in [0.29, 0.717) is 0 Å². The molecule has 0 saturated carbocycles. The summed E-state index contributed by atoms with van der Waals surface area (Å²) in [6.45, 7) is 1.90. The van der Waals surface area contributed by atoms with Crippen molar-refractivity contribution in [1.82, 2.24) is 19.7 Å². The number of aromatic nitrogens is 4. The fraction of sp³-hybridized carbons (Fsp3) is 0.222. The average molecular weight is 189 g/mol. The van der Waals surface area contributed by atoms with Crippen molar-refractivity contribution < 1.29 is 0 Å². The SMILES string of the molecule is CC(N)c1ccc(-n2cncn2)cn1. The molecule has 0 aliphatic rings. The van der Waals surface area contributed by atoms with Crippen molar-refractivity contribution in [1.29, 1.82) is 0 Å². The van der Waals surface area contributed by atoms with E-state index in [9.17, 15) is 0 Å². The highest BCUT2D eigenvalue weighted by Crippen LogP contribution is 2.08. The predicted molar refractivity (Wildman–Crippen MR) is 51.8 cm³/mol. The van der Waals surface area contributed by atoms with Crippen LogP contribution in [0.3, 0.4) is 0 Å². The lowest BCUT2D eigenvalue weighted by Gasteiger charge is -2.05. The highest BCUT2D eigenvalue weighted by atomic mass is 15.3. The highest BCUT2D eigenvalue weighted by Gasteiger charge is 2.01. The van der Waals surface area contributed by atoms with E-state index in [-0.39, 0.29) is 6.04 Å². The van der Waals surface area contributed by atoms with Crippen LogP contribution in [0.5, 0.6) is 0 Å². The van der Waals surface area contributed by atoms with Gasteiger partial charge in [0.05, 0.1) is 17.6 Å². The van der Waals surface area contributed by atoms with Crippen LogP contribution in [0, 0.1) is 0 Å². The van der Waals surface area contributed by atoms with Crippen molar-refractivity contribution in [2.24, 2.45) is 5.73 Å². The first-order chi connectivity index (χ1) is 6.77. The molecule has 0 fully saturated rings. The lowest BCUT2D eigenvalue weighted by Crippen LogP contribution is -2.07. The second-order valence-electron chi connectivity index (χ2n) is 3.07. The molecule has 2 rings (SSSR count). The fourth-order valence-corrected chi connectivity index (χ4v) is 1.14. The molecule has 1 atom stereocenters. The van der Waals surface area contributed by atoms with Gasteiger partial charge in [0.25, 0.3) is 0 Å². The molecule has 0 bridgehead atoms. The minimum Gasteiger partial charge on any atom is -0.323 e. The zero-order valence-corrected chi connectivity index (χ0v) is 7.83. The summed E-state index contributed by atoms with van der Waals surface area (Å²) in [5.74, 6) is 0. The van der Waals surface area contributed by atoms with E-state index in [4.69, 9.17) is 5.73 Å². The maximum absolute atomic E-state index is 5.69. The summed E-state index contributed by atoms with van der Waals surface area (Å²) < 4.78 is 1.65. The van der Waals surface area contributed by atoms with Crippen LogP contribution < -0.4 is 5.73 Å². The first-order valence-electron chi connectivity index (χ1n) is 4.34. The Morgan fingerprint density at radius 3 is 2.79 bits per heavy atom. The molecule has 5 nitrogen and oxygen atoms in total. The molecular formula is C9H11N5. The standard InChI is InChI=1S/C9H11N5/c1-7(10)9-3-2-8(4-12-9)14-6-11-5-13-14/h2-7H,10H2,1H3. The third-order valence-electron chi connectivity index (χ3n) is 1.92. The topological polar surface area (TPSA) is 69.6 Å². The van der Waals surface area contributed by atoms with E-state index in [0.717, 1.165) is 11.4 Å². The van der Waals surface area contributed by atoms with Crippen LogP contribution >= 0.6 is 0 Å². The molecule has 72 valence electrons. The Hall–Kier alpha value is -1.75. The van der Waals surface area contributed by atoms with Gasteiger partial charge in [0.1, 0.15) is 12.7 Å². The lowest BCUT2D eigenvalue weighted by molar-refractivity contribution is 0.774. The molecule has 2 N–H and O–H groups in total. The van der Waals surface area contributed by atoms with Gasteiger partial charge in [0.15, 0.2) is 0 Å². The van der Waals surface area contributed by atoms with Crippen molar-refractivity contribution in [3.05, 3.63) is 36.7 Å². The molecule has 0 radical (unpaired) electrons. The number of nitrogens with two attached hydrogens (primary N) is 1. The quantitative estimate of drug-likeness (QED) is 0.754. The van der Waals surface area contributed by atoms with Crippen LogP contribution in [-0.4, -0.2) is 19.7 Å². The van der Waals surface area contributed by atoms with Crippen LogP contribution in [-0.2, 0) is 0 Å². The summed E-state index contributed by atoms with van der Waals surface area (Å²) >= 11 is 0. The molecule has 2 aromatic rings. The maximum atomic E-state index is 5.69. The van der Waals surface area contributed by atoms with E-state index in [1.807, 2.05) is 19.1 Å². The Balaban J connectivity index is 2.31. The van der Waals surface area contributed by atoms with Crippen molar-refractivity contribution in [3.63, 3.8) is 0 Å². The first kappa shape index (κ1) is 8.83. The van der Waals surface area contributed by atoms with Crippen molar-refractivity contribution in [2.75, 3.05) is 0 Å². The van der Waals surface area contributed by atoms with Gasteiger partial charge >= 0.3 is 0 Å². The minimum atomic E-state index is -0.0419. The normalized spacial score (nSPS) is 12.7. The first-order valence-corrected chi connectivity index (χ1v) is 4.34. The third-order valence-corrected chi connectivity index (χ3v) is 1.92. The number of nitrogens with zero attached hydrogens (tertiary/aromatic N) is 4. The van der Waals surface area contributed by atoms with Crippen LogP contribution in [0.2, 0.25) is 0 Å². The molecule has 0 aromatic carbocycles. The molecule has 1 unspecified atom stereocenters. The zero-order valence-electron chi connectivity index (χ0n) is 7.83. The molecule has 0 spiro atoms. The largest absolute Gasteiger partial charge is 0.323 e.